The van der Waals surface area contributed by atoms with Crippen molar-refractivity contribution in [3.63, 3.8) is 0 Å². The molecule has 0 rings (SSSR count). The van der Waals surface area contributed by atoms with Gasteiger partial charge in [-0.3, -0.25) is 5.32 Å². The van der Waals surface area contributed by atoms with Gasteiger partial charge in [-0.05, 0) is 52.4 Å². The smallest absolute Gasteiger partial charge is 0.106 e. The Morgan fingerprint density at radius 3 is 2.44 bits per heavy atom. The molecule has 0 aromatic rings. The van der Waals surface area contributed by atoms with Crippen LogP contribution in [0.3, 0.4) is 0 Å². The molecular weight excluding hydrogens is 198 g/mol. The average molecular weight is 225 g/mol. The molecule has 0 heterocycles. The standard InChI is InChI=1S/C13H27N3/c1-5-10-15-13(6-2,12-14)9-8-11-16(4)7-3/h15H,5-11H2,1-4H3. The molecule has 0 aliphatic carbocycles. The fourth-order valence-electron chi connectivity index (χ4n) is 1.74. The van der Waals surface area contributed by atoms with Gasteiger partial charge in [-0.15, -0.1) is 0 Å². The van der Waals surface area contributed by atoms with Crippen molar-refractivity contribution in [1.29, 1.82) is 5.26 Å². The minimum atomic E-state index is -0.301. The maximum absolute atomic E-state index is 9.30. The average Bonchev–Trinajstić information content (AvgIpc) is 2.33. The largest absolute Gasteiger partial charge is 0.307 e. The van der Waals surface area contributed by atoms with E-state index in [1.54, 1.807) is 0 Å². The summed E-state index contributed by atoms with van der Waals surface area (Å²) in [5.74, 6) is 0. The van der Waals surface area contributed by atoms with Gasteiger partial charge >= 0.3 is 0 Å². The lowest BCUT2D eigenvalue weighted by Gasteiger charge is -2.27. The lowest BCUT2D eigenvalue weighted by atomic mass is 9.91. The van der Waals surface area contributed by atoms with Crippen LogP contribution in [-0.2, 0) is 0 Å². The molecule has 0 aromatic heterocycles. The molecule has 1 unspecified atom stereocenters. The van der Waals surface area contributed by atoms with Crippen molar-refractivity contribution in [3.05, 3.63) is 0 Å². The summed E-state index contributed by atoms with van der Waals surface area (Å²) in [5.41, 5.74) is -0.301. The van der Waals surface area contributed by atoms with Crippen molar-refractivity contribution >= 4 is 0 Å². The summed E-state index contributed by atoms with van der Waals surface area (Å²) in [6, 6.07) is 2.46. The van der Waals surface area contributed by atoms with Crippen LogP contribution < -0.4 is 5.32 Å². The number of hydrogen-bond acceptors (Lipinski definition) is 3. The molecule has 0 aliphatic heterocycles. The third-order valence-corrected chi connectivity index (χ3v) is 3.21. The quantitative estimate of drug-likeness (QED) is 0.655. The molecular formula is C13H27N3. The summed E-state index contributed by atoms with van der Waals surface area (Å²) >= 11 is 0. The fourth-order valence-corrected chi connectivity index (χ4v) is 1.74. The predicted molar refractivity (Wildman–Crippen MR) is 69.3 cm³/mol. The van der Waals surface area contributed by atoms with Crippen molar-refractivity contribution in [3.8, 4) is 6.07 Å². The van der Waals surface area contributed by atoms with E-state index in [1.807, 2.05) is 0 Å². The molecule has 0 aliphatic rings. The van der Waals surface area contributed by atoms with Gasteiger partial charge in [0.15, 0.2) is 0 Å². The van der Waals surface area contributed by atoms with Crippen LogP contribution in [0.2, 0.25) is 0 Å². The Hall–Kier alpha value is -0.590. The first kappa shape index (κ1) is 15.4. The topological polar surface area (TPSA) is 39.1 Å². The van der Waals surface area contributed by atoms with Gasteiger partial charge in [0.1, 0.15) is 5.54 Å². The number of nitriles is 1. The summed E-state index contributed by atoms with van der Waals surface area (Å²) in [6.07, 6.45) is 4.00. The van der Waals surface area contributed by atoms with Crippen molar-refractivity contribution in [1.82, 2.24) is 10.2 Å². The molecule has 0 saturated carbocycles. The minimum absolute atomic E-state index is 0.301. The van der Waals surface area contributed by atoms with Gasteiger partial charge in [0.2, 0.25) is 0 Å². The molecule has 16 heavy (non-hydrogen) atoms. The van der Waals surface area contributed by atoms with Crippen LogP contribution in [0.5, 0.6) is 0 Å². The monoisotopic (exact) mass is 225 g/mol. The predicted octanol–water partition coefficient (Wildman–Crippen LogP) is 2.39. The molecule has 1 N–H and O–H groups in total. The summed E-state index contributed by atoms with van der Waals surface area (Å²) in [7, 11) is 2.12. The van der Waals surface area contributed by atoms with Gasteiger partial charge in [-0.25, -0.2) is 0 Å². The second-order valence-electron chi connectivity index (χ2n) is 4.47. The Labute approximate surface area is 101 Å². The number of hydrogen-bond donors (Lipinski definition) is 1. The second kappa shape index (κ2) is 8.55. The third-order valence-electron chi connectivity index (χ3n) is 3.21. The van der Waals surface area contributed by atoms with Gasteiger partial charge in [-0.2, -0.15) is 5.26 Å². The van der Waals surface area contributed by atoms with E-state index in [1.165, 1.54) is 0 Å². The van der Waals surface area contributed by atoms with Crippen LogP contribution in [0.25, 0.3) is 0 Å². The van der Waals surface area contributed by atoms with Crippen LogP contribution in [0.1, 0.15) is 46.5 Å². The van der Waals surface area contributed by atoms with Crippen molar-refractivity contribution in [2.45, 2.75) is 52.0 Å². The highest BCUT2D eigenvalue weighted by molar-refractivity contribution is 5.06. The van der Waals surface area contributed by atoms with Crippen LogP contribution in [-0.4, -0.2) is 37.1 Å². The maximum Gasteiger partial charge on any atom is 0.106 e. The summed E-state index contributed by atoms with van der Waals surface area (Å²) in [5, 5.41) is 12.7. The Morgan fingerprint density at radius 1 is 1.31 bits per heavy atom. The highest BCUT2D eigenvalue weighted by Gasteiger charge is 2.26. The van der Waals surface area contributed by atoms with Crippen molar-refractivity contribution in [2.75, 3.05) is 26.7 Å². The lowest BCUT2D eigenvalue weighted by Crippen LogP contribution is -2.44. The first-order chi connectivity index (χ1) is 7.64. The first-order valence-corrected chi connectivity index (χ1v) is 6.49. The van der Waals surface area contributed by atoms with Crippen molar-refractivity contribution in [2.24, 2.45) is 0 Å². The van der Waals surface area contributed by atoms with Gasteiger partial charge in [0.05, 0.1) is 6.07 Å². The van der Waals surface area contributed by atoms with Crippen LogP contribution in [0.15, 0.2) is 0 Å². The van der Waals surface area contributed by atoms with E-state index < -0.39 is 0 Å². The Morgan fingerprint density at radius 2 is 2.00 bits per heavy atom. The van der Waals surface area contributed by atoms with E-state index in [4.69, 9.17) is 0 Å². The van der Waals surface area contributed by atoms with E-state index in [2.05, 4.69) is 44.1 Å². The van der Waals surface area contributed by atoms with Crippen LogP contribution in [0.4, 0.5) is 0 Å². The molecule has 0 saturated heterocycles. The van der Waals surface area contributed by atoms with E-state index in [0.29, 0.717) is 0 Å². The SMILES string of the molecule is CCCNC(C#N)(CC)CCCN(C)CC. The van der Waals surface area contributed by atoms with Gasteiger partial charge in [-0.1, -0.05) is 20.8 Å². The molecule has 0 aromatic carbocycles. The molecule has 0 radical (unpaired) electrons. The van der Waals surface area contributed by atoms with E-state index in [9.17, 15) is 5.26 Å². The fraction of sp³-hybridized carbons (Fsp3) is 0.923. The summed E-state index contributed by atoms with van der Waals surface area (Å²) in [6.45, 7) is 9.48. The first-order valence-electron chi connectivity index (χ1n) is 6.49. The normalized spacial score (nSPS) is 14.8. The number of nitrogens with zero attached hydrogens (tertiary/aromatic N) is 2. The zero-order valence-electron chi connectivity index (χ0n) is 11.3. The highest BCUT2D eigenvalue weighted by Crippen LogP contribution is 2.16. The summed E-state index contributed by atoms with van der Waals surface area (Å²) in [4.78, 5) is 2.29. The van der Waals surface area contributed by atoms with E-state index in [0.717, 1.165) is 45.3 Å². The Bertz CT molecular complexity index is 210. The maximum atomic E-state index is 9.30. The molecule has 3 heteroatoms. The number of nitrogens with one attached hydrogen (secondary N) is 1. The molecule has 0 spiro atoms. The third kappa shape index (κ3) is 5.48. The molecule has 94 valence electrons. The molecule has 0 bridgehead atoms. The zero-order chi connectivity index (χ0) is 12.4. The van der Waals surface area contributed by atoms with Gasteiger partial charge < -0.3 is 4.90 Å². The van der Waals surface area contributed by atoms with Crippen LogP contribution in [0, 0.1) is 11.3 Å². The van der Waals surface area contributed by atoms with E-state index in [-0.39, 0.29) is 5.54 Å². The minimum Gasteiger partial charge on any atom is -0.307 e. The van der Waals surface area contributed by atoms with Gasteiger partial charge in [0.25, 0.3) is 0 Å². The van der Waals surface area contributed by atoms with E-state index >= 15 is 0 Å². The molecule has 0 fully saturated rings. The molecule has 0 amide bonds. The second-order valence-corrected chi connectivity index (χ2v) is 4.47. The Balaban J connectivity index is 4.07. The molecule has 1 atom stereocenters. The highest BCUT2D eigenvalue weighted by atomic mass is 15.1. The van der Waals surface area contributed by atoms with Gasteiger partial charge in [0, 0.05) is 0 Å². The van der Waals surface area contributed by atoms with Crippen molar-refractivity contribution < 1.29 is 0 Å². The lowest BCUT2D eigenvalue weighted by molar-refractivity contribution is 0.303. The zero-order valence-corrected chi connectivity index (χ0v) is 11.3. The number of rotatable bonds is 9. The summed E-state index contributed by atoms with van der Waals surface area (Å²) < 4.78 is 0. The van der Waals surface area contributed by atoms with Crippen LogP contribution >= 0.6 is 0 Å². The molecule has 3 nitrogen and oxygen atoms in total. The Kier molecular flexibility index (Phi) is 8.23.